The zero-order chi connectivity index (χ0) is 17.1. The maximum absolute atomic E-state index is 12.1. The van der Waals surface area contributed by atoms with Crippen molar-refractivity contribution in [3.8, 4) is 5.75 Å². The van der Waals surface area contributed by atoms with E-state index < -0.39 is 5.97 Å². The monoisotopic (exact) mass is 321 g/mol. The zero-order valence-electron chi connectivity index (χ0n) is 13.9. The minimum absolute atomic E-state index is 0.295. The Labute approximate surface area is 141 Å². The van der Waals surface area contributed by atoms with Crippen LogP contribution < -0.4 is 4.74 Å². The van der Waals surface area contributed by atoms with Crippen LogP contribution in [0.5, 0.6) is 5.75 Å². The number of nitrogens with zero attached hydrogens (tertiary/aromatic N) is 1. The van der Waals surface area contributed by atoms with Crippen LogP contribution in [0.2, 0.25) is 0 Å². The first-order valence-electron chi connectivity index (χ1n) is 7.84. The molecule has 4 nitrogen and oxygen atoms in total. The summed E-state index contributed by atoms with van der Waals surface area (Å²) in [7, 11) is 1.59. The number of cyclic esters (lactones) is 1. The van der Waals surface area contributed by atoms with Gasteiger partial charge in [0.25, 0.3) is 0 Å². The second-order valence-electron chi connectivity index (χ2n) is 5.89. The lowest BCUT2D eigenvalue weighted by Gasteiger charge is -2.04. The Kier molecular flexibility index (Phi) is 4.47. The van der Waals surface area contributed by atoms with Crippen LogP contribution >= 0.6 is 0 Å². The molecule has 2 aromatic carbocycles. The Hall–Kier alpha value is -2.88. The van der Waals surface area contributed by atoms with Crippen molar-refractivity contribution in [2.24, 2.45) is 4.99 Å². The summed E-state index contributed by atoms with van der Waals surface area (Å²) in [5, 5.41) is 0. The Balaban J connectivity index is 1.88. The van der Waals surface area contributed by atoms with E-state index in [4.69, 9.17) is 9.47 Å². The van der Waals surface area contributed by atoms with Gasteiger partial charge in [-0.05, 0) is 41.3 Å². The Morgan fingerprint density at radius 3 is 2.54 bits per heavy atom. The van der Waals surface area contributed by atoms with E-state index >= 15 is 0 Å². The van der Waals surface area contributed by atoms with Crippen molar-refractivity contribution in [2.45, 2.75) is 19.8 Å². The van der Waals surface area contributed by atoms with Gasteiger partial charge < -0.3 is 9.47 Å². The highest BCUT2D eigenvalue weighted by Gasteiger charge is 2.24. The molecule has 0 aliphatic carbocycles. The highest BCUT2D eigenvalue weighted by Crippen LogP contribution is 2.22. The van der Waals surface area contributed by atoms with E-state index in [-0.39, 0.29) is 0 Å². The molecule has 0 fully saturated rings. The van der Waals surface area contributed by atoms with E-state index in [0.717, 1.165) is 5.56 Å². The maximum Gasteiger partial charge on any atom is 0.363 e. The van der Waals surface area contributed by atoms with Gasteiger partial charge in [-0.15, -0.1) is 0 Å². The first-order valence-corrected chi connectivity index (χ1v) is 7.84. The summed E-state index contributed by atoms with van der Waals surface area (Å²) in [6.07, 6.45) is 1.74. The predicted octanol–water partition coefficient (Wildman–Crippen LogP) is 4.16. The topological polar surface area (TPSA) is 47.9 Å². The van der Waals surface area contributed by atoms with Crippen molar-refractivity contribution < 1.29 is 14.3 Å². The predicted molar refractivity (Wildman–Crippen MR) is 94.1 cm³/mol. The van der Waals surface area contributed by atoms with Crippen molar-refractivity contribution in [3.05, 3.63) is 70.9 Å². The minimum atomic E-state index is -0.444. The molecule has 0 saturated carbocycles. The molecule has 0 bridgehead atoms. The fourth-order valence-corrected chi connectivity index (χ4v) is 2.42. The van der Waals surface area contributed by atoms with Crippen molar-refractivity contribution in [1.29, 1.82) is 0 Å². The van der Waals surface area contributed by atoms with Gasteiger partial charge in [0, 0.05) is 5.56 Å². The van der Waals surface area contributed by atoms with Crippen molar-refractivity contribution in [3.63, 3.8) is 0 Å². The van der Waals surface area contributed by atoms with Crippen molar-refractivity contribution >= 4 is 17.9 Å². The molecule has 1 heterocycles. The van der Waals surface area contributed by atoms with Gasteiger partial charge in [0.15, 0.2) is 5.70 Å². The second kappa shape index (κ2) is 6.71. The van der Waals surface area contributed by atoms with Crippen molar-refractivity contribution in [2.75, 3.05) is 7.11 Å². The molecule has 0 amide bonds. The lowest BCUT2D eigenvalue weighted by Crippen LogP contribution is -2.05. The van der Waals surface area contributed by atoms with Crippen LogP contribution in [0.15, 0.2) is 59.2 Å². The van der Waals surface area contributed by atoms with E-state index in [9.17, 15) is 4.79 Å². The van der Waals surface area contributed by atoms with E-state index in [1.165, 1.54) is 5.56 Å². The van der Waals surface area contributed by atoms with Crippen molar-refractivity contribution in [1.82, 2.24) is 0 Å². The molecule has 122 valence electrons. The van der Waals surface area contributed by atoms with Crippen LogP contribution in [0.1, 0.15) is 36.5 Å². The van der Waals surface area contributed by atoms with Crippen LogP contribution in [0.3, 0.4) is 0 Å². The Morgan fingerprint density at radius 1 is 1.12 bits per heavy atom. The lowest BCUT2D eigenvalue weighted by atomic mass is 10.0. The number of carbonyl (C=O) groups is 1. The number of carbonyl (C=O) groups excluding carboxylic acids is 1. The largest absolute Gasteiger partial charge is 0.497 e. The van der Waals surface area contributed by atoms with E-state index in [2.05, 4.69) is 31.0 Å². The molecule has 0 unspecified atom stereocenters. The summed E-state index contributed by atoms with van der Waals surface area (Å²) >= 11 is 0. The number of benzene rings is 2. The standard InChI is InChI=1S/C20H19NO3/c1-13(2)15-9-7-14(8-10-15)11-18-20(22)24-19(21-18)16-5-4-6-17(12-16)23-3/h4-13H,1-3H3/b18-11-. The van der Waals surface area contributed by atoms with Crippen LogP contribution in [-0.2, 0) is 9.53 Å². The number of esters is 1. The molecule has 3 rings (SSSR count). The van der Waals surface area contributed by atoms with Crippen LogP contribution in [0.25, 0.3) is 6.08 Å². The molecule has 0 atom stereocenters. The third kappa shape index (κ3) is 3.38. The molecular weight excluding hydrogens is 302 g/mol. The molecule has 0 radical (unpaired) electrons. The van der Waals surface area contributed by atoms with E-state index in [0.29, 0.717) is 28.8 Å². The van der Waals surface area contributed by atoms with Gasteiger partial charge in [-0.1, -0.05) is 44.2 Å². The molecule has 1 aliphatic heterocycles. The van der Waals surface area contributed by atoms with Crippen LogP contribution in [-0.4, -0.2) is 19.0 Å². The molecule has 24 heavy (non-hydrogen) atoms. The second-order valence-corrected chi connectivity index (χ2v) is 5.89. The third-order valence-corrected chi connectivity index (χ3v) is 3.84. The van der Waals surface area contributed by atoms with Gasteiger partial charge in [-0.2, -0.15) is 0 Å². The summed E-state index contributed by atoms with van der Waals surface area (Å²) < 4.78 is 10.5. The first kappa shape index (κ1) is 16.0. The summed E-state index contributed by atoms with van der Waals surface area (Å²) in [4.78, 5) is 16.4. The average molecular weight is 321 g/mol. The van der Waals surface area contributed by atoms with E-state index in [1.807, 2.05) is 30.3 Å². The Bertz CT molecular complexity index is 817. The number of methoxy groups -OCH3 is 1. The van der Waals surface area contributed by atoms with Gasteiger partial charge >= 0.3 is 5.97 Å². The van der Waals surface area contributed by atoms with Gasteiger partial charge in [0.2, 0.25) is 5.90 Å². The molecule has 1 aliphatic rings. The fraction of sp³-hybridized carbons (Fsp3) is 0.200. The lowest BCUT2D eigenvalue weighted by molar-refractivity contribution is -0.129. The van der Waals surface area contributed by atoms with Crippen LogP contribution in [0.4, 0.5) is 0 Å². The number of aliphatic imine (C=N–C) groups is 1. The van der Waals surface area contributed by atoms with Gasteiger partial charge in [0.1, 0.15) is 5.75 Å². The quantitative estimate of drug-likeness (QED) is 0.627. The highest BCUT2D eigenvalue weighted by molar-refractivity contribution is 6.12. The third-order valence-electron chi connectivity index (χ3n) is 3.84. The van der Waals surface area contributed by atoms with Gasteiger partial charge in [0.05, 0.1) is 7.11 Å². The fourth-order valence-electron chi connectivity index (χ4n) is 2.42. The molecule has 0 aromatic heterocycles. The zero-order valence-corrected chi connectivity index (χ0v) is 13.9. The SMILES string of the molecule is COc1cccc(C2=N/C(=C\c3ccc(C(C)C)cc3)C(=O)O2)c1. The number of ether oxygens (including phenoxy) is 2. The van der Waals surface area contributed by atoms with Gasteiger partial charge in [-0.25, -0.2) is 9.79 Å². The summed E-state index contributed by atoms with van der Waals surface area (Å²) in [6.45, 7) is 4.29. The summed E-state index contributed by atoms with van der Waals surface area (Å²) in [5.41, 5.74) is 3.18. The Morgan fingerprint density at radius 2 is 1.88 bits per heavy atom. The molecule has 2 aromatic rings. The van der Waals surface area contributed by atoms with Gasteiger partial charge in [-0.3, -0.25) is 0 Å². The highest BCUT2D eigenvalue weighted by atomic mass is 16.6. The molecule has 4 heteroatoms. The normalized spacial score (nSPS) is 15.6. The molecular formula is C20H19NO3. The average Bonchev–Trinajstić information content (AvgIpc) is 2.96. The molecule has 0 saturated heterocycles. The minimum Gasteiger partial charge on any atom is -0.497 e. The summed E-state index contributed by atoms with van der Waals surface area (Å²) in [5.74, 6) is 1.01. The van der Waals surface area contributed by atoms with E-state index in [1.54, 1.807) is 19.3 Å². The molecule has 0 spiro atoms. The number of hydrogen-bond donors (Lipinski definition) is 0. The first-order chi connectivity index (χ1) is 11.6. The molecule has 0 N–H and O–H groups in total. The number of rotatable bonds is 4. The maximum atomic E-state index is 12.1. The van der Waals surface area contributed by atoms with Crippen LogP contribution in [0, 0.1) is 0 Å². The number of hydrogen-bond acceptors (Lipinski definition) is 4. The smallest absolute Gasteiger partial charge is 0.363 e. The summed E-state index contributed by atoms with van der Waals surface area (Å²) in [6, 6.07) is 15.4.